The van der Waals surface area contributed by atoms with Gasteiger partial charge in [0, 0.05) is 18.4 Å². The van der Waals surface area contributed by atoms with Gasteiger partial charge in [0.25, 0.3) is 0 Å². The lowest BCUT2D eigenvalue weighted by atomic mass is 10.2. The Hall–Kier alpha value is -0.980. The van der Waals surface area contributed by atoms with Crippen LogP contribution in [0.5, 0.6) is 0 Å². The lowest BCUT2D eigenvalue weighted by molar-refractivity contribution is 0.0361. The van der Waals surface area contributed by atoms with E-state index >= 15 is 0 Å². The standard InChI is InChI=1S/C9H14N4OS/c1-6-7(2)10-8-4-12(5-14-3)11-13(8)9(6)15/h4,11,15H,5H2,1-3H3. The maximum atomic E-state index is 5.02. The minimum absolute atomic E-state index is 0.467. The first-order valence-electron chi connectivity index (χ1n) is 4.63. The number of thiol groups is 1. The molecule has 2 aliphatic rings. The molecule has 0 aromatic heterocycles. The lowest BCUT2D eigenvalue weighted by Gasteiger charge is -2.26. The maximum absolute atomic E-state index is 5.02. The van der Waals surface area contributed by atoms with E-state index in [1.807, 2.05) is 25.1 Å². The Balaban J connectivity index is 2.26. The summed E-state index contributed by atoms with van der Waals surface area (Å²) >= 11 is 4.45. The zero-order chi connectivity index (χ0) is 11.0. The summed E-state index contributed by atoms with van der Waals surface area (Å²) in [6.45, 7) is 4.44. The molecule has 0 aromatic rings. The van der Waals surface area contributed by atoms with Crippen molar-refractivity contribution in [1.29, 1.82) is 0 Å². The SMILES string of the molecule is COCN1C=C2N=C(C)C(C)=C(S)N2N1. The van der Waals surface area contributed by atoms with Crippen LogP contribution in [0.3, 0.4) is 0 Å². The van der Waals surface area contributed by atoms with E-state index in [1.54, 1.807) is 12.1 Å². The van der Waals surface area contributed by atoms with Gasteiger partial charge in [-0.3, -0.25) is 5.01 Å². The van der Waals surface area contributed by atoms with E-state index < -0.39 is 0 Å². The third-order valence-corrected chi connectivity index (χ3v) is 2.90. The summed E-state index contributed by atoms with van der Waals surface area (Å²) in [6, 6.07) is 0. The molecule has 2 aliphatic heterocycles. The molecule has 0 radical (unpaired) electrons. The molecule has 2 rings (SSSR count). The van der Waals surface area contributed by atoms with Crippen LogP contribution in [0.15, 0.2) is 27.6 Å². The molecule has 0 amide bonds. The molecule has 0 aromatic carbocycles. The van der Waals surface area contributed by atoms with Crippen LogP contribution in [0.25, 0.3) is 0 Å². The minimum Gasteiger partial charge on any atom is -0.363 e. The predicted octanol–water partition coefficient (Wildman–Crippen LogP) is 1.06. The van der Waals surface area contributed by atoms with Gasteiger partial charge in [-0.05, 0) is 13.8 Å². The molecule has 15 heavy (non-hydrogen) atoms. The first-order chi connectivity index (χ1) is 7.13. The summed E-state index contributed by atoms with van der Waals surface area (Å²) in [5.74, 6) is 0.833. The number of allylic oxidation sites excluding steroid dienone is 1. The van der Waals surface area contributed by atoms with E-state index in [2.05, 4.69) is 23.2 Å². The van der Waals surface area contributed by atoms with Gasteiger partial charge in [0.1, 0.15) is 6.73 Å². The van der Waals surface area contributed by atoms with E-state index in [9.17, 15) is 0 Å². The Morgan fingerprint density at radius 1 is 1.53 bits per heavy atom. The molecule has 0 bridgehead atoms. The number of methoxy groups -OCH3 is 1. The summed E-state index contributed by atoms with van der Waals surface area (Å²) in [5, 5.41) is 4.50. The van der Waals surface area contributed by atoms with Crippen molar-refractivity contribution in [2.24, 2.45) is 4.99 Å². The van der Waals surface area contributed by atoms with Crippen molar-refractivity contribution in [2.75, 3.05) is 13.8 Å². The zero-order valence-corrected chi connectivity index (χ0v) is 9.88. The van der Waals surface area contributed by atoms with Gasteiger partial charge in [-0.15, -0.1) is 18.2 Å². The van der Waals surface area contributed by atoms with Gasteiger partial charge in [-0.2, -0.15) is 0 Å². The van der Waals surface area contributed by atoms with Gasteiger partial charge >= 0.3 is 0 Å². The fraction of sp³-hybridized carbons (Fsp3) is 0.444. The van der Waals surface area contributed by atoms with Crippen LogP contribution in [0, 0.1) is 0 Å². The topological polar surface area (TPSA) is 40.1 Å². The van der Waals surface area contributed by atoms with E-state index in [0.29, 0.717) is 6.73 Å². The number of ether oxygens (including phenoxy) is 1. The normalized spacial score (nSPS) is 20.5. The number of hydrogen-bond acceptors (Lipinski definition) is 6. The number of rotatable bonds is 2. The smallest absolute Gasteiger partial charge is 0.167 e. The van der Waals surface area contributed by atoms with E-state index in [4.69, 9.17) is 4.74 Å². The highest BCUT2D eigenvalue weighted by Crippen LogP contribution is 2.28. The maximum Gasteiger partial charge on any atom is 0.167 e. The Bertz CT molecular complexity index is 374. The molecule has 0 fully saturated rings. The number of hydrazine groups is 2. The van der Waals surface area contributed by atoms with Crippen molar-refractivity contribution in [2.45, 2.75) is 13.8 Å². The molecule has 6 heteroatoms. The van der Waals surface area contributed by atoms with Crippen molar-refractivity contribution in [3.63, 3.8) is 0 Å². The van der Waals surface area contributed by atoms with Crippen LogP contribution < -0.4 is 5.53 Å². The van der Waals surface area contributed by atoms with Crippen LogP contribution >= 0.6 is 12.6 Å². The molecule has 5 nitrogen and oxygen atoms in total. The Labute approximate surface area is 94.4 Å². The summed E-state index contributed by atoms with van der Waals surface area (Å²) < 4.78 is 5.02. The largest absolute Gasteiger partial charge is 0.363 e. The van der Waals surface area contributed by atoms with Crippen LogP contribution in [0.2, 0.25) is 0 Å². The average Bonchev–Trinajstić information content (AvgIpc) is 2.58. The van der Waals surface area contributed by atoms with Crippen LogP contribution in [0.1, 0.15) is 13.8 Å². The van der Waals surface area contributed by atoms with Crippen molar-refractivity contribution >= 4 is 18.3 Å². The summed E-state index contributed by atoms with van der Waals surface area (Å²) in [7, 11) is 1.65. The molecular weight excluding hydrogens is 212 g/mol. The predicted molar refractivity (Wildman–Crippen MR) is 61.6 cm³/mol. The lowest BCUT2D eigenvalue weighted by Crippen LogP contribution is -2.41. The van der Waals surface area contributed by atoms with E-state index in [-0.39, 0.29) is 0 Å². The molecule has 0 spiro atoms. The second-order valence-corrected chi connectivity index (χ2v) is 3.88. The Morgan fingerprint density at radius 3 is 2.93 bits per heavy atom. The third kappa shape index (κ3) is 1.75. The fourth-order valence-electron chi connectivity index (χ4n) is 1.43. The first kappa shape index (κ1) is 10.5. The van der Waals surface area contributed by atoms with Gasteiger partial charge < -0.3 is 4.74 Å². The average molecular weight is 226 g/mol. The minimum atomic E-state index is 0.467. The Morgan fingerprint density at radius 2 is 2.27 bits per heavy atom. The second kappa shape index (κ2) is 3.88. The second-order valence-electron chi connectivity index (χ2n) is 3.46. The van der Waals surface area contributed by atoms with Crippen molar-refractivity contribution in [1.82, 2.24) is 15.6 Å². The van der Waals surface area contributed by atoms with Gasteiger partial charge in [0.15, 0.2) is 5.82 Å². The highest BCUT2D eigenvalue weighted by atomic mass is 32.1. The van der Waals surface area contributed by atoms with E-state index in [0.717, 1.165) is 22.1 Å². The van der Waals surface area contributed by atoms with Crippen LogP contribution in [-0.2, 0) is 4.74 Å². The molecule has 2 heterocycles. The quantitative estimate of drug-likeness (QED) is 0.691. The fourth-order valence-corrected chi connectivity index (χ4v) is 1.74. The number of nitrogens with zero attached hydrogens (tertiary/aromatic N) is 3. The summed E-state index contributed by atoms with van der Waals surface area (Å²) in [5.41, 5.74) is 5.16. The molecule has 0 atom stereocenters. The molecule has 0 saturated heterocycles. The van der Waals surface area contributed by atoms with Crippen LogP contribution in [0.4, 0.5) is 0 Å². The molecule has 0 aliphatic carbocycles. The van der Waals surface area contributed by atoms with Gasteiger partial charge in [0.05, 0.1) is 11.2 Å². The molecule has 82 valence electrons. The molecular formula is C9H14N4OS. The highest BCUT2D eigenvalue weighted by molar-refractivity contribution is 7.84. The number of hydrogen-bond donors (Lipinski definition) is 2. The number of fused-ring (bicyclic) bond motifs is 1. The van der Waals surface area contributed by atoms with Gasteiger partial charge in [-0.25, -0.2) is 10.0 Å². The molecule has 0 unspecified atom stereocenters. The molecule has 0 saturated carbocycles. The van der Waals surface area contributed by atoms with E-state index in [1.165, 1.54) is 0 Å². The number of aliphatic imine (C=N–C) groups is 1. The van der Waals surface area contributed by atoms with Crippen molar-refractivity contribution < 1.29 is 4.74 Å². The number of nitrogens with one attached hydrogen (secondary N) is 1. The summed E-state index contributed by atoms with van der Waals surface area (Å²) in [4.78, 5) is 4.45. The monoisotopic (exact) mass is 226 g/mol. The van der Waals surface area contributed by atoms with Gasteiger partial charge in [-0.1, -0.05) is 0 Å². The van der Waals surface area contributed by atoms with Gasteiger partial charge in [0.2, 0.25) is 0 Å². The van der Waals surface area contributed by atoms with Crippen molar-refractivity contribution in [3.05, 3.63) is 22.6 Å². The zero-order valence-electron chi connectivity index (χ0n) is 8.98. The highest BCUT2D eigenvalue weighted by Gasteiger charge is 2.27. The molecule has 1 N–H and O–H groups in total. The van der Waals surface area contributed by atoms with Crippen molar-refractivity contribution in [3.8, 4) is 0 Å². The first-order valence-corrected chi connectivity index (χ1v) is 5.07. The van der Waals surface area contributed by atoms with Crippen LogP contribution in [-0.4, -0.2) is 29.6 Å². The Kier molecular flexibility index (Phi) is 2.72. The summed E-state index contributed by atoms with van der Waals surface area (Å²) in [6.07, 6.45) is 1.88. The third-order valence-electron chi connectivity index (χ3n) is 2.37.